The topological polar surface area (TPSA) is 98.6 Å². The van der Waals surface area contributed by atoms with E-state index in [9.17, 15) is 9.59 Å². The lowest BCUT2D eigenvalue weighted by atomic mass is 10.1. The summed E-state index contributed by atoms with van der Waals surface area (Å²) in [5, 5.41) is 6.43. The number of likely N-dealkylation sites (N-methyl/N-ethyl adjacent to an activating group) is 1. The van der Waals surface area contributed by atoms with Crippen molar-refractivity contribution in [2.75, 3.05) is 27.3 Å². The molecule has 2 aliphatic rings. The Balaban J connectivity index is 2.26. The lowest BCUT2D eigenvalue weighted by molar-refractivity contribution is -0.127. The zero-order valence-electron chi connectivity index (χ0n) is 12.6. The largest absolute Gasteiger partial charge is 0.383 e. The Morgan fingerprint density at radius 1 is 1.48 bits per heavy atom. The van der Waals surface area contributed by atoms with Crippen LogP contribution < -0.4 is 10.7 Å². The van der Waals surface area contributed by atoms with E-state index < -0.39 is 18.2 Å². The molecule has 2 rings (SSSR count). The second-order valence-corrected chi connectivity index (χ2v) is 5.07. The number of hydrogen-bond acceptors (Lipinski definition) is 7. The molecule has 2 unspecified atom stereocenters. The Kier molecular flexibility index (Phi) is 4.41. The summed E-state index contributed by atoms with van der Waals surface area (Å²) in [5.41, 5.74) is 3.67. The van der Waals surface area contributed by atoms with E-state index in [4.69, 9.17) is 4.74 Å². The van der Waals surface area contributed by atoms with Gasteiger partial charge in [0.15, 0.2) is 12.2 Å². The van der Waals surface area contributed by atoms with Gasteiger partial charge in [-0.2, -0.15) is 5.10 Å². The highest BCUT2D eigenvalue weighted by Gasteiger charge is 2.48. The predicted molar refractivity (Wildman–Crippen MR) is 76.8 cm³/mol. The molecule has 2 heterocycles. The van der Waals surface area contributed by atoms with E-state index in [2.05, 4.69) is 20.8 Å². The van der Waals surface area contributed by atoms with Gasteiger partial charge in [0.1, 0.15) is 0 Å². The first kappa shape index (κ1) is 15.2. The normalized spacial score (nSPS) is 24.5. The first-order valence-electron chi connectivity index (χ1n) is 6.63. The molecule has 0 saturated carbocycles. The number of urea groups is 1. The molecule has 0 aromatic rings. The zero-order chi connectivity index (χ0) is 15.6. The fraction of sp³-hybridized carbons (Fsp3) is 0.667. The number of nitrogens with zero attached hydrogens (tertiary/aromatic N) is 4. The monoisotopic (exact) mass is 296 g/mol. The van der Waals surface area contributed by atoms with Gasteiger partial charge >= 0.3 is 6.03 Å². The maximum absolute atomic E-state index is 12.1. The molecular formula is C12H20N6O3. The van der Waals surface area contributed by atoms with Crippen molar-refractivity contribution in [1.29, 1.82) is 0 Å². The summed E-state index contributed by atoms with van der Waals surface area (Å²) < 4.78 is 5.07. The minimum atomic E-state index is -0.572. The standard InChI is InChI=1S/C12H20N6O3/c1-7(2)15-16-11-13-9-8(18(11)5-6-21-4)10(19)14-12(20)17(9)3/h8-9H,5-6H2,1-4H3,(H,13,16)(H,14,19,20). The van der Waals surface area contributed by atoms with Gasteiger partial charge < -0.3 is 14.5 Å². The molecule has 1 fully saturated rings. The van der Waals surface area contributed by atoms with E-state index in [0.29, 0.717) is 19.1 Å². The number of ether oxygens (including phenoxy) is 1. The first-order valence-corrected chi connectivity index (χ1v) is 6.63. The summed E-state index contributed by atoms with van der Waals surface area (Å²) >= 11 is 0. The average Bonchev–Trinajstić information content (AvgIpc) is 2.79. The van der Waals surface area contributed by atoms with Crippen molar-refractivity contribution in [2.45, 2.75) is 26.1 Å². The van der Waals surface area contributed by atoms with Crippen LogP contribution in [0.4, 0.5) is 4.79 Å². The van der Waals surface area contributed by atoms with Gasteiger partial charge in [-0.15, -0.1) is 0 Å². The van der Waals surface area contributed by atoms with E-state index in [1.54, 1.807) is 19.1 Å². The van der Waals surface area contributed by atoms with Crippen molar-refractivity contribution >= 4 is 23.6 Å². The maximum atomic E-state index is 12.1. The number of amides is 3. The minimum Gasteiger partial charge on any atom is -0.383 e. The smallest absolute Gasteiger partial charge is 0.325 e. The van der Waals surface area contributed by atoms with Gasteiger partial charge in [-0.25, -0.2) is 15.2 Å². The molecule has 0 aliphatic carbocycles. The van der Waals surface area contributed by atoms with Gasteiger partial charge in [0.2, 0.25) is 5.96 Å². The van der Waals surface area contributed by atoms with Gasteiger partial charge in [0.25, 0.3) is 5.91 Å². The van der Waals surface area contributed by atoms with Crippen LogP contribution in [0, 0.1) is 0 Å². The minimum absolute atomic E-state index is 0.364. The van der Waals surface area contributed by atoms with Crippen molar-refractivity contribution in [3.63, 3.8) is 0 Å². The van der Waals surface area contributed by atoms with Crippen LogP contribution in [0.3, 0.4) is 0 Å². The molecule has 2 N–H and O–H groups in total. The molecule has 2 aliphatic heterocycles. The molecule has 9 heteroatoms. The van der Waals surface area contributed by atoms with E-state index >= 15 is 0 Å². The fourth-order valence-corrected chi connectivity index (χ4v) is 2.22. The van der Waals surface area contributed by atoms with Crippen LogP contribution in [0.1, 0.15) is 13.8 Å². The quantitative estimate of drug-likeness (QED) is 0.521. The number of imide groups is 1. The number of carbonyl (C=O) groups excluding carboxylic acids is 2. The van der Waals surface area contributed by atoms with Crippen molar-refractivity contribution in [3.05, 3.63) is 0 Å². The third kappa shape index (κ3) is 2.97. The molecule has 3 amide bonds. The number of methoxy groups -OCH3 is 1. The predicted octanol–water partition coefficient (Wildman–Crippen LogP) is -0.834. The lowest BCUT2D eigenvalue weighted by Gasteiger charge is -2.35. The lowest BCUT2D eigenvalue weighted by Crippen LogP contribution is -2.64. The fourth-order valence-electron chi connectivity index (χ4n) is 2.22. The second kappa shape index (κ2) is 6.08. The molecule has 0 radical (unpaired) electrons. The molecule has 0 aromatic carbocycles. The number of rotatable bonds is 4. The summed E-state index contributed by atoms with van der Waals surface area (Å²) in [6.07, 6.45) is -0.557. The highest BCUT2D eigenvalue weighted by Crippen LogP contribution is 2.22. The number of fused-ring (bicyclic) bond motifs is 1. The number of hydrogen-bond donors (Lipinski definition) is 2. The molecule has 9 nitrogen and oxygen atoms in total. The van der Waals surface area contributed by atoms with E-state index in [1.165, 1.54) is 4.90 Å². The van der Waals surface area contributed by atoms with Crippen molar-refractivity contribution < 1.29 is 14.3 Å². The van der Waals surface area contributed by atoms with Gasteiger partial charge in [0.05, 0.1) is 6.61 Å². The number of nitrogens with one attached hydrogen (secondary N) is 2. The number of hydrazone groups is 1. The first-order chi connectivity index (χ1) is 9.95. The summed E-state index contributed by atoms with van der Waals surface area (Å²) in [7, 11) is 3.19. The van der Waals surface area contributed by atoms with Crippen LogP contribution in [0.2, 0.25) is 0 Å². The average molecular weight is 296 g/mol. The number of carbonyl (C=O) groups is 2. The Labute approximate surface area is 123 Å². The van der Waals surface area contributed by atoms with Crippen LogP contribution >= 0.6 is 0 Å². The van der Waals surface area contributed by atoms with Crippen LogP contribution in [0.15, 0.2) is 10.1 Å². The van der Waals surface area contributed by atoms with Crippen LogP contribution in [-0.4, -0.2) is 72.9 Å². The van der Waals surface area contributed by atoms with Gasteiger partial charge in [-0.05, 0) is 13.8 Å². The van der Waals surface area contributed by atoms with Gasteiger partial charge in [0, 0.05) is 26.4 Å². The summed E-state index contributed by atoms with van der Waals surface area (Å²) in [4.78, 5) is 31.4. The Morgan fingerprint density at radius 2 is 2.19 bits per heavy atom. The van der Waals surface area contributed by atoms with Crippen LogP contribution in [-0.2, 0) is 9.53 Å². The summed E-state index contributed by atoms with van der Waals surface area (Å²) in [5.74, 6) is 0.0944. The van der Waals surface area contributed by atoms with E-state index in [-0.39, 0.29) is 5.91 Å². The molecule has 1 saturated heterocycles. The Hall–Kier alpha value is -2.16. The molecule has 116 valence electrons. The Bertz CT molecular complexity index is 499. The second-order valence-electron chi connectivity index (χ2n) is 5.07. The van der Waals surface area contributed by atoms with Crippen LogP contribution in [0.5, 0.6) is 0 Å². The number of guanidine groups is 1. The Morgan fingerprint density at radius 3 is 2.81 bits per heavy atom. The maximum Gasteiger partial charge on any atom is 0.325 e. The van der Waals surface area contributed by atoms with Crippen molar-refractivity contribution in [3.8, 4) is 0 Å². The molecule has 0 aromatic heterocycles. The van der Waals surface area contributed by atoms with Crippen molar-refractivity contribution in [1.82, 2.24) is 20.5 Å². The van der Waals surface area contributed by atoms with E-state index in [1.807, 2.05) is 13.8 Å². The molecule has 0 bridgehead atoms. The van der Waals surface area contributed by atoms with E-state index in [0.717, 1.165) is 5.71 Å². The zero-order valence-corrected chi connectivity index (χ0v) is 12.6. The summed E-state index contributed by atoms with van der Waals surface area (Å²) in [6, 6.07) is -1.02. The van der Waals surface area contributed by atoms with Crippen LogP contribution in [0.25, 0.3) is 0 Å². The summed E-state index contributed by atoms with van der Waals surface area (Å²) in [6.45, 7) is 4.59. The highest BCUT2D eigenvalue weighted by atomic mass is 16.5. The van der Waals surface area contributed by atoms with Gasteiger partial charge in [-0.3, -0.25) is 10.1 Å². The van der Waals surface area contributed by atoms with Crippen molar-refractivity contribution in [2.24, 2.45) is 10.1 Å². The molecule has 2 atom stereocenters. The molecule has 21 heavy (non-hydrogen) atoms. The van der Waals surface area contributed by atoms with Gasteiger partial charge in [-0.1, -0.05) is 0 Å². The third-order valence-corrected chi connectivity index (χ3v) is 3.28. The SMILES string of the molecule is COCCN1C(NN=C(C)C)=NC2C1C(=O)NC(=O)N2C. The molecular weight excluding hydrogens is 276 g/mol. The highest BCUT2D eigenvalue weighted by molar-refractivity contribution is 6.03. The number of aliphatic imine (C=N–C) groups is 1. The third-order valence-electron chi connectivity index (χ3n) is 3.28. The molecule has 0 spiro atoms.